The van der Waals surface area contributed by atoms with E-state index in [0.29, 0.717) is 0 Å². The molecule has 1 heterocycles. The Morgan fingerprint density at radius 3 is 2.21 bits per heavy atom. The molecule has 14 heavy (non-hydrogen) atoms. The second-order valence-electron chi connectivity index (χ2n) is 4.22. The van der Waals surface area contributed by atoms with Crippen LogP contribution >= 0.6 is 15.9 Å². The SMILES string of the molecule is Cc1cc(N2CCC2C)cc(C)c1Br. The zero-order valence-corrected chi connectivity index (χ0v) is 10.6. The summed E-state index contributed by atoms with van der Waals surface area (Å²) in [6.45, 7) is 7.81. The number of benzene rings is 1. The molecule has 0 amide bonds. The van der Waals surface area contributed by atoms with Crippen LogP contribution in [0.15, 0.2) is 16.6 Å². The Labute approximate surface area is 94.2 Å². The van der Waals surface area contributed by atoms with Gasteiger partial charge in [0.05, 0.1) is 0 Å². The quantitative estimate of drug-likeness (QED) is 0.739. The molecule has 1 saturated heterocycles. The van der Waals surface area contributed by atoms with Crippen LogP contribution in [0, 0.1) is 13.8 Å². The lowest BCUT2D eigenvalue weighted by atomic mass is 10.0. The number of anilines is 1. The minimum absolute atomic E-state index is 0.718. The molecule has 1 aliphatic heterocycles. The lowest BCUT2D eigenvalue weighted by Crippen LogP contribution is -2.45. The molecule has 1 aliphatic rings. The highest BCUT2D eigenvalue weighted by Crippen LogP contribution is 2.31. The van der Waals surface area contributed by atoms with E-state index in [4.69, 9.17) is 0 Å². The molecular formula is C12H16BrN. The molecule has 76 valence electrons. The molecule has 0 aromatic heterocycles. The van der Waals surface area contributed by atoms with Crippen molar-refractivity contribution in [2.45, 2.75) is 33.2 Å². The first-order valence-electron chi connectivity index (χ1n) is 5.13. The van der Waals surface area contributed by atoms with Gasteiger partial charge in [0.25, 0.3) is 0 Å². The summed E-state index contributed by atoms with van der Waals surface area (Å²) in [5, 5.41) is 0. The molecule has 0 radical (unpaired) electrons. The third-order valence-electron chi connectivity index (χ3n) is 3.07. The van der Waals surface area contributed by atoms with Crippen LogP contribution < -0.4 is 4.90 Å². The molecule has 1 fully saturated rings. The zero-order chi connectivity index (χ0) is 10.3. The van der Waals surface area contributed by atoms with E-state index in [9.17, 15) is 0 Å². The maximum Gasteiger partial charge on any atom is 0.0374 e. The van der Waals surface area contributed by atoms with Crippen LogP contribution in [0.1, 0.15) is 24.5 Å². The van der Waals surface area contributed by atoms with Crippen LogP contribution in [0.3, 0.4) is 0 Å². The van der Waals surface area contributed by atoms with E-state index in [1.807, 2.05) is 0 Å². The molecule has 0 saturated carbocycles. The van der Waals surface area contributed by atoms with Crippen molar-refractivity contribution in [3.8, 4) is 0 Å². The standard InChI is InChI=1S/C12H16BrN/c1-8-6-11(7-9(2)12(8)13)14-5-4-10(14)3/h6-7,10H,4-5H2,1-3H3. The number of halogens is 1. The van der Waals surface area contributed by atoms with Crippen molar-refractivity contribution in [3.05, 3.63) is 27.7 Å². The van der Waals surface area contributed by atoms with Crippen molar-refractivity contribution in [1.82, 2.24) is 0 Å². The third-order valence-corrected chi connectivity index (χ3v) is 4.32. The number of aryl methyl sites for hydroxylation is 2. The van der Waals surface area contributed by atoms with Gasteiger partial charge in [-0.15, -0.1) is 0 Å². The van der Waals surface area contributed by atoms with Gasteiger partial charge in [0.15, 0.2) is 0 Å². The topological polar surface area (TPSA) is 3.24 Å². The van der Waals surface area contributed by atoms with E-state index in [0.717, 1.165) is 6.04 Å². The Bertz CT molecular complexity index is 336. The summed E-state index contributed by atoms with van der Waals surface area (Å²) in [4.78, 5) is 2.46. The summed E-state index contributed by atoms with van der Waals surface area (Å²) in [5.74, 6) is 0. The minimum Gasteiger partial charge on any atom is -0.369 e. The molecule has 2 heteroatoms. The van der Waals surface area contributed by atoms with Gasteiger partial charge < -0.3 is 4.90 Å². The highest BCUT2D eigenvalue weighted by atomic mass is 79.9. The van der Waals surface area contributed by atoms with Gasteiger partial charge in [0.1, 0.15) is 0 Å². The van der Waals surface area contributed by atoms with Crippen molar-refractivity contribution >= 4 is 21.6 Å². The smallest absolute Gasteiger partial charge is 0.0374 e. The van der Waals surface area contributed by atoms with Crippen molar-refractivity contribution < 1.29 is 0 Å². The molecule has 0 bridgehead atoms. The summed E-state index contributed by atoms with van der Waals surface area (Å²) in [5.41, 5.74) is 4.04. The molecule has 1 unspecified atom stereocenters. The van der Waals surface area contributed by atoms with E-state index >= 15 is 0 Å². The van der Waals surface area contributed by atoms with Crippen LogP contribution in [0.25, 0.3) is 0 Å². The maximum absolute atomic E-state index is 3.60. The Kier molecular flexibility index (Phi) is 2.56. The van der Waals surface area contributed by atoms with Crippen molar-refractivity contribution in [2.75, 3.05) is 11.4 Å². The lowest BCUT2D eigenvalue weighted by molar-refractivity contribution is 0.481. The van der Waals surface area contributed by atoms with Crippen LogP contribution in [-0.4, -0.2) is 12.6 Å². The van der Waals surface area contributed by atoms with Crippen molar-refractivity contribution in [3.63, 3.8) is 0 Å². The average Bonchev–Trinajstić information content (AvgIpc) is 2.11. The van der Waals surface area contributed by atoms with E-state index < -0.39 is 0 Å². The first kappa shape index (κ1) is 10.0. The molecule has 0 spiro atoms. The molecule has 1 aromatic rings. The number of nitrogens with zero attached hydrogens (tertiary/aromatic N) is 1. The Hall–Kier alpha value is -0.500. The van der Waals surface area contributed by atoms with Gasteiger partial charge in [0.2, 0.25) is 0 Å². The Morgan fingerprint density at radius 2 is 1.86 bits per heavy atom. The van der Waals surface area contributed by atoms with E-state index in [2.05, 4.69) is 53.7 Å². The second-order valence-corrected chi connectivity index (χ2v) is 5.02. The fourth-order valence-electron chi connectivity index (χ4n) is 1.99. The number of hydrogen-bond acceptors (Lipinski definition) is 1. The van der Waals surface area contributed by atoms with Crippen molar-refractivity contribution in [2.24, 2.45) is 0 Å². The normalized spacial score (nSPS) is 20.9. The molecule has 2 rings (SSSR count). The van der Waals surface area contributed by atoms with Gasteiger partial charge in [-0.3, -0.25) is 0 Å². The van der Waals surface area contributed by atoms with Crippen LogP contribution in [-0.2, 0) is 0 Å². The lowest BCUT2D eigenvalue weighted by Gasteiger charge is -2.41. The summed E-state index contributed by atoms with van der Waals surface area (Å²) in [6.07, 6.45) is 1.33. The van der Waals surface area contributed by atoms with Gasteiger partial charge in [-0.2, -0.15) is 0 Å². The predicted octanol–water partition coefficient (Wildman–Crippen LogP) is 3.66. The summed E-state index contributed by atoms with van der Waals surface area (Å²) >= 11 is 3.60. The third kappa shape index (κ3) is 1.56. The largest absolute Gasteiger partial charge is 0.369 e. The second kappa shape index (κ2) is 3.58. The van der Waals surface area contributed by atoms with Gasteiger partial charge >= 0.3 is 0 Å². The molecule has 1 atom stereocenters. The van der Waals surface area contributed by atoms with E-state index in [-0.39, 0.29) is 0 Å². The fraction of sp³-hybridized carbons (Fsp3) is 0.500. The van der Waals surface area contributed by atoms with Crippen LogP contribution in [0.4, 0.5) is 5.69 Å². The van der Waals surface area contributed by atoms with Crippen LogP contribution in [0.5, 0.6) is 0 Å². The number of hydrogen-bond donors (Lipinski definition) is 0. The molecule has 1 aromatic carbocycles. The maximum atomic E-state index is 3.60. The molecule has 1 nitrogen and oxygen atoms in total. The highest BCUT2D eigenvalue weighted by Gasteiger charge is 2.24. The number of rotatable bonds is 1. The molecule has 0 aliphatic carbocycles. The van der Waals surface area contributed by atoms with Gasteiger partial charge in [-0.25, -0.2) is 0 Å². The van der Waals surface area contributed by atoms with Gasteiger partial charge in [-0.1, -0.05) is 15.9 Å². The van der Waals surface area contributed by atoms with Crippen molar-refractivity contribution in [1.29, 1.82) is 0 Å². The van der Waals surface area contributed by atoms with Gasteiger partial charge in [-0.05, 0) is 50.5 Å². The predicted molar refractivity (Wildman–Crippen MR) is 65.0 cm³/mol. The van der Waals surface area contributed by atoms with Crippen LogP contribution in [0.2, 0.25) is 0 Å². The average molecular weight is 254 g/mol. The Balaban J connectivity index is 2.35. The van der Waals surface area contributed by atoms with E-state index in [1.165, 1.54) is 34.3 Å². The van der Waals surface area contributed by atoms with Gasteiger partial charge in [0, 0.05) is 22.7 Å². The summed E-state index contributed by atoms with van der Waals surface area (Å²) < 4.78 is 1.24. The summed E-state index contributed by atoms with van der Waals surface area (Å²) in [6, 6.07) is 5.26. The first-order valence-corrected chi connectivity index (χ1v) is 5.92. The molecule has 0 N–H and O–H groups in total. The monoisotopic (exact) mass is 253 g/mol. The minimum atomic E-state index is 0.718. The fourth-order valence-corrected chi connectivity index (χ4v) is 2.22. The van der Waals surface area contributed by atoms with E-state index in [1.54, 1.807) is 0 Å². The Morgan fingerprint density at radius 1 is 1.29 bits per heavy atom. The zero-order valence-electron chi connectivity index (χ0n) is 8.97. The summed E-state index contributed by atoms with van der Waals surface area (Å²) in [7, 11) is 0. The first-order chi connectivity index (χ1) is 6.59. The highest BCUT2D eigenvalue weighted by molar-refractivity contribution is 9.10. The molecular weight excluding hydrogens is 238 g/mol.